The van der Waals surface area contributed by atoms with Gasteiger partial charge in [0.1, 0.15) is 5.75 Å². The number of aromatic nitrogens is 2. The lowest BCUT2D eigenvalue weighted by Crippen LogP contribution is -2.41. The highest BCUT2D eigenvalue weighted by atomic mass is 19.4. The van der Waals surface area contributed by atoms with E-state index in [4.69, 9.17) is 9.26 Å². The fourth-order valence-electron chi connectivity index (χ4n) is 3.58. The number of nitrogens with zero attached hydrogens (tertiary/aromatic N) is 3. The smallest absolute Gasteiger partial charge is 0.416 e. The molecule has 0 spiro atoms. The van der Waals surface area contributed by atoms with Crippen molar-refractivity contribution in [2.75, 3.05) is 30.4 Å². The van der Waals surface area contributed by atoms with E-state index in [-0.39, 0.29) is 11.6 Å². The zero-order valence-corrected chi connectivity index (χ0v) is 17.2. The largest absolute Gasteiger partial charge is 0.497 e. The molecule has 1 amide bonds. The number of benzene rings is 2. The third-order valence-electron chi connectivity index (χ3n) is 5.28. The number of amides is 1. The van der Waals surface area contributed by atoms with Gasteiger partial charge in [0.2, 0.25) is 11.7 Å². The van der Waals surface area contributed by atoms with Gasteiger partial charge in [0.25, 0.3) is 0 Å². The number of carbonyl (C=O) groups is 1. The number of rotatable bonds is 5. The van der Waals surface area contributed by atoms with E-state index in [0.29, 0.717) is 43.5 Å². The molecule has 32 heavy (non-hydrogen) atoms. The highest BCUT2D eigenvalue weighted by molar-refractivity contribution is 5.93. The van der Waals surface area contributed by atoms with Gasteiger partial charge in [0, 0.05) is 24.3 Å². The van der Waals surface area contributed by atoms with E-state index in [1.165, 1.54) is 12.1 Å². The molecule has 2 aromatic carbocycles. The minimum Gasteiger partial charge on any atom is -0.497 e. The van der Waals surface area contributed by atoms with Crippen molar-refractivity contribution in [2.45, 2.75) is 19.0 Å². The first-order valence-electron chi connectivity index (χ1n) is 10.0. The van der Waals surface area contributed by atoms with Crippen LogP contribution in [0.3, 0.4) is 0 Å². The third kappa shape index (κ3) is 4.84. The number of halogens is 3. The zero-order chi connectivity index (χ0) is 22.7. The van der Waals surface area contributed by atoms with Gasteiger partial charge in [-0.15, -0.1) is 0 Å². The van der Waals surface area contributed by atoms with Crippen molar-refractivity contribution < 1.29 is 27.2 Å². The van der Waals surface area contributed by atoms with Crippen LogP contribution in [0.15, 0.2) is 53.1 Å². The molecule has 1 N–H and O–H groups in total. The Bertz CT molecular complexity index is 1080. The molecular formula is C22H21F3N4O3. The van der Waals surface area contributed by atoms with Crippen LogP contribution in [0.4, 0.5) is 24.9 Å². The van der Waals surface area contributed by atoms with Crippen LogP contribution in [0.25, 0.3) is 11.4 Å². The highest BCUT2D eigenvalue weighted by Crippen LogP contribution is 2.31. The van der Waals surface area contributed by atoms with Crippen LogP contribution >= 0.6 is 0 Å². The fourth-order valence-corrected chi connectivity index (χ4v) is 3.58. The van der Waals surface area contributed by atoms with E-state index >= 15 is 0 Å². The van der Waals surface area contributed by atoms with Crippen molar-refractivity contribution in [2.24, 2.45) is 5.92 Å². The summed E-state index contributed by atoms with van der Waals surface area (Å²) in [5.74, 6) is 0.361. The molecule has 4 rings (SSSR count). The van der Waals surface area contributed by atoms with E-state index in [1.807, 2.05) is 17.0 Å². The lowest BCUT2D eigenvalue weighted by atomic mass is 9.97. The van der Waals surface area contributed by atoms with Gasteiger partial charge in [0.05, 0.1) is 18.6 Å². The molecule has 1 fully saturated rings. The Kier molecular flexibility index (Phi) is 6.02. The topological polar surface area (TPSA) is 80.5 Å². The number of ether oxygens (including phenoxy) is 1. The van der Waals surface area contributed by atoms with Gasteiger partial charge in [-0.25, -0.2) is 0 Å². The lowest BCUT2D eigenvalue weighted by molar-refractivity contribution is -0.137. The average Bonchev–Trinajstić information content (AvgIpc) is 3.29. The molecule has 10 heteroatoms. The number of alkyl halides is 3. The van der Waals surface area contributed by atoms with Gasteiger partial charge in [0.15, 0.2) is 0 Å². The van der Waals surface area contributed by atoms with Crippen molar-refractivity contribution in [3.8, 4) is 17.1 Å². The van der Waals surface area contributed by atoms with Crippen LogP contribution in [0.1, 0.15) is 18.4 Å². The summed E-state index contributed by atoms with van der Waals surface area (Å²) in [4.78, 5) is 18.9. The van der Waals surface area contributed by atoms with Crippen molar-refractivity contribution in [1.82, 2.24) is 10.1 Å². The van der Waals surface area contributed by atoms with Crippen molar-refractivity contribution in [3.63, 3.8) is 0 Å². The van der Waals surface area contributed by atoms with Crippen LogP contribution in [-0.4, -0.2) is 36.2 Å². The summed E-state index contributed by atoms with van der Waals surface area (Å²) in [5, 5.41) is 6.61. The first-order valence-corrected chi connectivity index (χ1v) is 10.0. The van der Waals surface area contributed by atoms with Crippen LogP contribution in [0, 0.1) is 5.92 Å². The maximum Gasteiger partial charge on any atom is 0.416 e. The maximum atomic E-state index is 12.9. The van der Waals surface area contributed by atoms with Crippen LogP contribution in [0.5, 0.6) is 5.75 Å². The molecule has 1 atom stereocenters. The summed E-state index contributed by atoms with van der Waals surface area (Å²) in [5.41, 5.74) is 0.0654. The van der Waals surface area contributed by atoms with Crippen molar-refractivity contribution >= 4 is 17.6 Å². The standard InChI is InChI=1S/C22H21F3N4O3/c1-31-18-9-7-14(8-10-18)19-27-21(32-28-19)29-11-3-4-15(13-29)20(30)26-17-6-2-5-16(12-17)22(23,24)25/h2,5-10,12,15H,3-4,11,13H2,1H3,(H,26,30). The Labute approximate surface area is 182 Å². The van der Waals surface area contributed by atoms with Crippen molar-refractivity contribution in [3.05, 3.63) is 54.1 Å². The maximum absolute atomic E-state index is 12.9. The Morgan fingerprint density at radius 1 is 1.22 bits per heavy atom. The lowest BCUT2D eigenvalue weighted by Gasteiger charge is -2.30. The monoisotopic (exact) mass is 446 g/mol. The third-order valence-corrected chi connectivity index (χ3v) is 5.28. The molecule has 1 aliphatic heterocycles. The van der Waals surface area contributed by atoms with E-state index in [0.717, 1.165) is 17.7 Å². The molecule has 0 bridgehead atoms. The Morgan fingerprint density at radius 2 is 2.00 bits per heavy atom. The summed E-state index contributed by atoms with van der Waals surface area (Å²) in [6, 6.07) is 12.1. The molecule has 1 aliphatic rings. The molecule has 1 saturated heterocycles. The van der Waals surface area contributed by atoms with Gasteiger partial charge in [-0.1, -0.05) is 11.2 Å². The Morgan fingerprint density at radius 3 is 2.72 bits per heavy atom. The van der Waals surface area contributed by atoms with Gasteiger partial charge < -0.3 is 19.5 Å². The first-order chi connectivity index (χ1) is 15.3. The SMILES string of the molecule is COc1ccc(-c2noc(N3CCCC(C(=O)Nc4cccc(C(F)(F)F)c4)C3)n2)cc1. The minimum absolute atomic E-state index is 0.113. The van der Waals surface area contributed by atoms with E-state index in [1.54, 1.807) is 19.2 Å². The molecule has 168 valence electrons. The van der Waals surface area contributed by atoms with E-state index in [9.17, 15) is 18.0 Å². The molecule has 0 radical (unpaired) electrons. The second-order valence-corrected chi connectivity index (χ2v) is 7.48. The van der Waals surface area contributed by atoms with Gasteiger partial charge in [-0.2, -0.15) is 18.2 Å². The number of anilines is 2. The van der Waals surface area contributed by atoms with Gasteiger partial charge in [-0.05, 0) is 55.3 Å². The summed E-state index contributed by atoms with van der Waals surface area (Å²) in [7, 11) is 1.58. The number of carbonyl (C=O) groups excluding carboxylic acids is 1. The van der Waals surface area contributed by atoms with Gasteiger partial charge >= 0.3 is 12.2 Å². The summed E-state index contributed by atoms with van der Waals surface area (Å²) >= 11 is 0. The quantitative estimate of drug-likeness (QED) is 0.616. The first kappa shape index (κ1) is 21.7. The summed E-state index contributed by atoms with van der Waals surface area (Å²) in [6.45, 7) is 0.965. The molecular weight excluding hydrogens is 425 g/mol. The molecule has 2 heterocycles. The molecule has 1 aromatic heterocycles. The summed E-state index contributed by atoms with van der Waals surface area (Å²) in [6.07, 6.45) is -3.15. The number of piperidine rings is 1. The van der Waals surface area contributed by atoms with E-state index in [2.05, 4.69) is 15.5 Å². The van der Waals surface area contributed by atoms with Crippen LogP contribution in [0.2, 0.25) is 0 Å². The molecule has 7 nitrogen and oxygen atoms in total. The normalized spacial score (nSPS) is 16.6. The zero-order valence-electron chi connectivity index (χ0n) is 17.2. The van der Waals surface area contributed by atoms with Crippen LogP contribution in [-0.2, 0) is 11.0 Å². The predicted octanol–water partition coefficient (Wildman–Crippen LogP) is 4.62. The molecule has 0 aliphatic carbocycles. The molecule has 0 saturated carbocycles. The molecule has 1 unspecified atom stereocenters. The molecule has 3 aromatic rings. The Balaban J connectivity index is 1.42. The predicted molar refractivity (Wildman–Crippen MR) is 111 cm³/mol. The highest BCUT2D eigenvalue weighted by Gasteiger charge is 2.32. The summed E-state index contributed by atoms with van der Waals surface area (Å²) < 4.78 is 49.3. The van der Waals surface area contributed by atoms with Crippen molar-refractivity contribution in [1.29, 1.82) is 0 Å². The second-order valence-electron chi connectivity index (χ2n) is 7.48. The van der Waals surface area contributed by atoms with Crippen LogP contribution < -0.4 is 15.0 Å². The number of hydrogen-bond donors (Lipinski definition) is 1. The number of hydrogen-bond acceptors (Lipinski definition) is 6. The van der Waals surface area contributed by atoms with Gasteiger partial charge in [-0.3, -0.25) is 4.79 Å². The van der Waals surface area contributed by atoms with E-state index < -0.39 is 17.7 Å². The second kappa shape index (κ2) is 8.89. The number of nitrogens with one attached hydrogen (secondary N) is 1. The average molecular weight is 446 g/mol. The minimum atomic E-state index is -4.47. The Hall–Kier alpha value is -3.56. The number of methoxy groups -OCH3 is 1. The fraction of sp³-hybridized carbons (Fsp3) is 0.318.